The zero-order chi connectivity index (χ0) is 32.2. The summed E-state index contributed by atoms with van der Waals surface area (Å²) in [4.78, 5) is 31.0. The molecule has 0 unspecified atom stereocenters. The third-order valence-electron chi connectivity index (χ3n) is 8.52. The Balaban J connectivity index is 1.11. The van der Waals surface area contributed by atoms with Crippen molar-refractivity contribution in [3.05, 3.63) is 53.9 Å². The van der Waals surface area contributed by atoms with E-state index in [4.69, 9.17) is 9.47 Å². The third kappa shape index (κ3) is 6.70. The van der Waals surface area contributed by atoms with Crippen LogP contribution in [0.25, 0.3) is 11.4 Å². The van der Waals surface area contributed by atoms with Gasteiger partial charge in [0.05, 0.1) is 42.6 Å². The van der Waals surface area contributed by atoms with Crippen LogP contribution in [0.3, 0.4) is 0 Å². The number of carbonyl (C=O) groups is 1. The minimum atomic E-state index is -1.48. The fourth-order valence-corrected chi connectivity index (χ4v) is 5.87. The van der Waals surface area contributed by atoms with E-state index in [1.807, 2.05) is 12.1 Å². The van der Waals surface area contributed by atoms with Crippen molar-refractivity contribution < 1.29 is 23.8 Å². The van der Waals surface area contributed by atoms with Crippen molar-refractivity contribution in [3.8, 4) is 29.3 Å². The largest absolute Gasteiger partial charge is 0.486 e. The van der Waals surface area contributed by atoms with Crippen LogP contribution in [-0.4, -0.2) is 113 Å². The van der Waals surface area contributed by atoms with Crippen molar-refractivity contribution in [2.24, 2.45) is 0 Å². The summed E-state index contributed by atoms with van der Waals surface area (Å²) in [6, 6.07) is 15.3. The van der Waals surface area contributed by atoms with E-state index in [1.165, 1.54) is 18.2 Å². The van der Waals surface area contributed by atoms with Crippen molar-refractivity contribution in [2.45, 2.75) is 37.8 Å². The number of alkyl halides is 1. The van der Waals surface area contributed by atoms with Gasteiger partial charge in [0.25, 0.3) is 5.91 Å². The number of nitriles is 2. The van der Waals surface area contributed by atoms with E-state index in [9.17, 15) is 24.8 Å². The molecule has 2 aromatic carbocycles. The maximum atomic E-state index is 14.9. The molecule has 238 valence electrons. The molecule has 3 aliphatic heterocycles. The van der Waals surface area contributed by atoms with E-state index in [0.29, 0.717) is 28.7 Å². The minimum Gasteiger partial charge on any atom is -0.486 e. The lowest BCUT2D eigenvalue weighted by molar-refractivity contribution is -0.143. The highest BCUT2D eigenvalue weighted by Gasteiger charge is 2.34. The van der Waals surface area contributed by atoms with Gasteiger partial charge in [0.15, 0.2) is 12.0 Å². The summed E-state index contributed by atoms with van der Waals surface area (Å²) in [6.45, 7) is 6.50. The van der Waals surface area contributed by atoms with Gasteiger partial charge in [-0.15, -0.1) is 0 Å². The molecule has 0 aliphatic carbocycles. The molecule has 0 radical (unpaired) electrons. The maximum Gasteiger partial charge on any atom is 0.251 e. The third-order valence-corrected chi connectivity index (χ3v) is 8.52. The molecule has 6 rings (SSSR count). The lowest BCUT2D eigenvalue weighted by Crippen LogP contribution is -2.56. The Morgan fingerprint density at radius 2 is 1.87 bits per heavy atom. The first-order valence-electron chi connectivity index (χ1n) is 15.2. The standard InChI is InChI=1S/C32H34FN9O4/c1-20(43)31(44)42-7-6-29(26(33)16-42)46-28-5-2-21(12-23(28)15-35)30-36-19-37-32(39-30)38-24-3-4-27(22(13-24)14-34)41-10-8-40(9-11-41)25-17-45-18-25/h2-5,12-13,19-20,25-26,29,43H,6-11,16-18H2,1H3,(H,36,37,38,39)/t20-,26+,29-/m0/s1. The van der Waals surface area contributed by atoms with Gasteiger partial charge in [-0.3, -0.25) is 9.69 Å². The van der Waals surface area contributed by atoms with Crippen LogP contribution in [0.4, 0.5) is 21.7 Å². The van der Waals surface area contributed by atoms with Crippen molar-refractivity contribution in [3.63, 3.8) is 0 Å². The van der Waals surface area contributed by atoms with Crippen molar-refractivity contribution >= 4 is 23.2 Å². The number of hydrogen-bond donors (Lipinski definition) is 2. The van der Waals surface area contributed by atoms with Crippen LogP contribution in [-0.2, 0) is 9.53 Å². The lowest BCUT2D eigenvalue weighted by Gasteiger charge is -2.43. The molecule has 46 heavy (non-hydrogen) atoms. The Kier molecular flexibility index (Phi) is 9.21. The number of nitrogens with one attached hydrogen (secondary N) is 1. The van der Waals surface area contributed by atoms with E-state index in [0.717, 1.165) is 45.1 Å². The Hall–Kier alpha value is -4.89. The van der Waals surface area contributed by atoms with Gasteiger partial charge < -0.3 is 29.7 Å². The van der Waals surface area contributed by atoms with E-state index in [-0.39, 0.29) is 36.8 Å². The topological polar surface area (TPSA) is 164 Å². The number of aromatic nitrogens is 3. The average Bonchev–Trinajstić information content (AvgIpc) is 3.05. The predicted octanol–water partition coefficient (Wildman–Crippen LogP) is 2.24. The number of nitrogens with zero attached hydrogens (tertiary/aromatic N) is 8. The van der Waals surface area contributed by atoms with Crippen LogP contribution in [0.15, 0.2) is 42.7 Å². The fourth-order valence-electron chi connectivity index (χ4n) is 5.87. The predicted molar refractivity (Wildman–Crippen MR) is 165 cm³/mol. The number of hydrogen-bond acceptors (Lipinski definition) is 12. The van der Waals surface area contributed by atoms with Crippen LogP contribution >= 0.6 is 0 Å². The monoisotopic (exact) mass is 627 g/mol. The SMILES string of the molecule is C[C@H](O)C(=O)N1CC[C@H](Oc2ccc(-c3ncnc(Nc4ccc(N5CCN(C6COC6)CC5)c(C#N)c4)n3)cc2C#N)[C@H](F)C1. The molecular weight excluding hydrogens is 593 g/mol. The first-order valence-corrected chi connectivity index (χ1v) is 15.2. The second-order valence-corrected chi connectivity index (χ2v) is 11.6. The molecule has 0 spiro atoms. The van der Waals surface area contributed by atoms with Gasteiger partial charge in [-0.2, -0.15) is 15.5 Å². The number of benzene rings is 2. The minimum absolute atomic E-state index is 0.179. The first-order chi connectivity index (χ1) is 22.3. The summed E-state index contributed by atoms with van der Waals surface area (Å²) in [7, 11) is 0. The number of ether oxygens (including phenoxy) is 2. The summed E-state index contributed by atoms with van der Waals surface area (Å²) < 4.78 is 26.1. The Labute approximate surface area is 265 Å². The van der Waals surface area contributed by atoms with Crippen LogP contribution < -0.4 is 15.0 Å². The zero-order valence-electron chi connectivity index (χ0n) is 25.3. The molecule has 1 aromatic heterocycles. The van der Waals surface area contributed by atoms with Crippen molar-refractivity contribution in [1.82, 2.24) is 24.8 Å². The summed E-state index contributed by atoms with van der Waals surface area (Å²) in [5.74, 6) is 0.252. The number of anilines is 3. The molecule has 3 atom stereocenters. The molecule has 0 saturated carbocycles. The first kappa shape index (κ1) is 31.1. The molecule has 0 bridgehead atoms. The molecular formula is C32H34FN9O4. The van der Waals surface area contributed by atoms with E-state index in [2.05, 4.69) is 42.2 Å². The highest BCUT2D eigenvalue weighted by Crippen LogP contribution is 2.30. The van der Waals surface area contributed by atoms with E-state index in [1.54, 1.807) is 24.3 Å². The van der Waals surface area contributed by atoms with Gasteiger partial charge in [-0.05, 0) is 43.3 Å². The molecule has 3 aromatic rings. The Morgan fingerprint density at radius 1 is 1.09 bits per heavy atom. The molecule has 13 nitrogen and oxygen atoms in total. The number of rotatable bonds is 8. The molecule has 3 saturated heterocycles. The number of aliphatic hydroxyl groups excluding tert-OH is 1. The van der Waals surface area contributed by atoms with Gasteiger partial charge in [0.1, 0.15) is 36.4 Å². The van der Waals surface area contributed by atoms with Crippen molar-refractivity contribution in [1.29, 1.82) is 10.5 Å². The number of aliphatic hydroxyl groups is 1. The number of piperidine rings is 1. The van der Waals surface area contributed by atoms with Crippen LogP contribution in [0.5, 0.6) is 5.75 Å². The highest BCUT2D eigenvalue weighted by atomic mass is 19.1. The highest BCUT2D eigenvalue weighted by molar-refractivity contribution is 5.80. The second-order valence-electron chi connectivity index (χ2n) is 11.6. The molecule has 4 heterocycles. The van der Waals surface area contributed by atoms with Crippen LogP contribution in [0.2, 0.25) is 0 Å². The summed E-state index contributed by atoms with van der Waals surface area (Å²) >= 11 is 0. The maximum absolute atomic E-state index is 14.9. The Morgan fingerprint density at radius 3 is 2.54 bits per heavy atom. The van der Waals surface area contributed by atoms with Crippen molar-refractivity contribution in [2.75, 3.05) is 62.7 Å². The van der Waals surface area contributed by atoms with E-state index < -0.39 is 24.3 Å². The van der Waals surface area contributed by atoms with Gasteiger partial charge >= 0.3 is 0 Å². The second kappa shape index (κ2) is 13.6. The van der Waals surface area contributed by atoms with Gasteiger partial charge in [0, 0.05) is 50.4 Å². The van der Waals surface area contributed by atoms with Gasteiger partial charge in [-0.1, -0.05) is 0 Å². The van der Waals surface area contributed by atoms with Crippen LogP contribution in [0.1, 0.15) is 24.5 Å². The number of amides is 1. The van der Waals surface area contributed by atoms with Crippen LogP contribution in [0, 0.1) is 22.7 Å². The average molecular weight is 628 g/mol. The normalized spacial score (nSPS) is 21.1. The quantitative estimate of drug-likeness (QED) is 0.375. The summed E-state index contributed by atoms with van der Waals surface area (Å²) in [6.07, 6.45) is -1.96. The fraction of sp³-hybridized carbons (Fsp3) is 0.438. The number of piperazine rings is 1. The Bertz CT molecular complexity index is 1660. The summed E-state index contributed by atoms with van der Waals surface area (Å²) in [5.41, 5.74) is 2.79. The molecule has 3 aliphatic rings. The lowest BCUT2D eigenvalue weighted by atomic mass is 10.0. The number of halogens is 1. The molecule has 3 fully saturated rings. The number of carbonyl (C=O) groups excluding carboxylic acids is 1. The molecule has 14 heteroatoms. The summed E-state index contributed by atoms with van der Waals surface area (Å²) in [5, 5.41) is 32.4. The smallest absolute Gasteiger partial charge is 0.251 e. The molecule has 1 amide bonds. The molecule has 2 N–H and O–H groups in total. The van der Waals surface area contributed by atoms with E-state index >= 15 is 0 Å². The zero-order valence-corrected chi connectivity index (χ0v) is 25.3. The van der Waals surface area contributed by atoms with Gasteiger partial charge in [-0.25, -0.2) is 14.4 Å². The number of likely N-dealkylation sites (tertiary alicyclic amines) is 1. The van der Waals surface area contributed by atoms with Gasteiger partial charge in [0.2, 0.25) is 5.95 Å².